The average molecular weight is 497 g/mol. The first-order chi connectivity index (χ1) is 12.1. The molecule has 1 aliphatic heterocycles. The minimum absolute atomic E-state index is 0. The number of anilines is 1. The van der Waals surface area contributed by atoms with Gasteiger partial charge in [-0.2, -0.15) is 0 Å². The van der Waals surface area contributed by atoms with E-state index in [1.54, 1.807) is 26.4 Å². The van der Waals surface area contributed by atoms with Gasteiger partial charge in [0.15, 0.2) is 5.96 Å². The van der Waals surface area contributed by atoms with Crippen molar-refractivity contribution in [3.63, 3.8) is 0 Å². The van der Waals surface area contributed by atoms with Gasteiger partial charge in [0.05, 0.1) is 5.75 Å². The van der Waals surface area contributed by atoms with Crippen LogP contribution in [0, 0.1) is 0 Å². The topological polar surface area (TPSA) is 103 Å². The number of guanidine groups is 1. The minimum Gasteiger partial charge on any atom is -0.356 e. The number of hydrogen-bond donors (Lipinski definition) is 2. The molecule has 0 aromatic carbocycles. The van der Waals surface area contributed by atoms with Crippen molar-refractivity contribution in [2.45, 2.75) is 13.3 Å². The number of aromatic nitrogens is 2. The lowest BCUT2D eigenvalue weighted by Gasteiger charge is -2.36. The Hall–Kier alpha value is -1.21. The molecule has 0 bridgehead atoms. The molecule has 1 aliphatic rings. The Bertz CT molecular complexity index is 649. The molecule has 9 nitrogen and oxygen atoms in total. The molecule has 0 amide bonds. The normalized spacial score (nSPS) is 15.5. The second-order valence-electron chi connectivity index (χ2n) is 5.65. The third kappa shape index (κ3) is 7.19. The van der Waals surface area contributed by atoms with E-state index >= 15 is 0 Å². The zero-order valence-corrected chi connectivity index (χ0v) is 18.4. The van der Waals surface area contributed by atoms with Crippen LogP contribution in [0.1, 0.15) is 13.3 Å². The van der Waals surface area contributed by atoms with Crippen molar-refractivity contribution in [1.82, 2.24) is 24.9 Å². The predicted octanol–water partition coefficient (Wildman–Crippen LogP) is 0.121. The number of halogens is 1. The smallest absolute Gasteiger partial charge is 0.225 e. The third-order valence-electron chi connectivity index (χ3n) is 3.96. The van der Waals surface area contributed by atoms with Gasteiger partial charge in [-0.05, 0) is 19.4 Å². The molecule has 1 fully saturated rings. The van der Waals surface area contributed by atoms with Gasteiger partial charge < -0.3 is 15.1 Å². The zero-order valence-electron chi connectivity index (χ0n) is 15.3. The van der Waals surface area contributed by atoms with E-state index < -0.39 is 10.0 Å². The predicted molar refractivity (Wildman–Crippen MR) is 115 cm³/mol. The van der Waals surface area contributed by atoms with Gasteiger partial charge in [0, 0.05) is 58.7 Å². The van der Waals surface area contributed by atoms with Crippen molar-refractivity contribution in [3.8, 4) is 0 Å². The van der Waals surface area contributed by atoms with Crippen LogP contribution < -0.4 is 14.9 Å². The monoisotopic (exact) mass is 497 g/mol. The van der Waals surface area contributed by atoms with Crippen LogP contribution in [-0.4, -0.2) is 81.3 Å². The van der Waals surface area contributed by atoms with E-state index in [1.807, 2.05) is 6.07 Å². The second-order valence-corrected chi connectivity index (χ2v) is 7.74. The Morgan fingerprint density at radius 3 is 2.42 bits per heavy atom. The summed E-state index contributed by atoms with van der Waals surface area (Å²) in [5.74, 6) is 1.71. The first kappa shape index (κ1) is 22.8. The van der Waals surface area contributed by atoms with Gasteiger partial charge >= 0.3 is 0 Å². The summed E-state index contributed by atoms with van der Waals surface area (Å²) in [5.41, 5.74) is 0. The van der Waals surface area contributed by atoms with E-state index in [9.17, 15) is 8.42 Å². The Balaban J connectivity index is 0.00000338. The van der Waals surface area contributed by atoms with Crippen LogP contribution in [0.5, 0.6) is 0 Å². The largest absolute Gasteiger partial charge is 0.356 e. The van der Waals surface area contributed by atoms with E-state index in [0.29, 0.717) is 19.5 Å². The summed E-state index contributed by atoms with van der Waals surface area (Å²) in [5, 5.41) is 3.29. The van der Waals surface area contributed by atoms with Crippen molar-refractivity contribution in [2.24, 2.45) is 4.99 Å². The number of hydrogen-bond acceptors (Lipinski definition) is 6. The molecule has 26 heavy (non-hydrogen) atoms. The Kier molecular flexibility index (Phi) is 10.1. The lowest BCUT2D eigenvalue weighted by Crippen LogP contribution is -2.53. The molecule has 0 radical (unpaired) electrons. The number of rotatable bonds is 7. The van der Waals surface area contributed by atoms with Gasteiger partial charge in [-0.15, -0.1) is 24.0 Å². The van der Waals surface area contributed by atoms with E-state index in [1.165, 1.54) is 0 Å². The van der Waals surface area contributed by atoms with Crippen molar-refractivity contribution < 1.29 is 8.42 Å². The van der Waals surface area contributed by atoms with E-state index in [2.05, 4.69) is 34.8 Å². The molecule has 2 heterocycles. The van der Waals surface area contributed by atoms with E-state index in [0.717, 1.165) is 38.1 Å². The molecule has 1 aromatic heterocycles. The number of nitrogens with one attached hydrogen (secondary N) is 2. The van der Waals surface area contributed by atoms with Crippen molar-refractivity contribution in [2.75, 3.05) is 57.0 Å². The molecule has 2 rings (SSSR count). The van der Waals surface area contributed by atoms with Crippen molar-refractivity contribution in [3.05, 3.63) is 18.5 Å². The Morgan fingerprint density at radius 2 is 1.85 bits per heavy atom. The Morgan fingerprint density at radius 1 is 1.19 bits per heavy atom. The molecule has 1 aromatic rings. The molecule has 148 valence electrons. The van der Waals surface area contributed by atoms with E-state index in [-0.39, 0.29) is 29.7 Å². The molecule has 0 atom stereocenters. The highest BCUT2D eigenvalue weighted by atomic mass is 127. The van der Waals surface area contributed by atoms with Crippen molar-refractivity contribution >= 4 is 45.9 Å². The SMILES string of the molecule is CCS(=O)(=O)NCCCNC(=NC)N1CCN(c2ncccn2)CC1.I. The standard InChI is InChI=1S/C15H27N7O2S.HI/c1-3-25(23,24)20-9-5-8-17-14(16-2)21-10-12-22(13-11-21)15-18-6-4-7-19-15;/h4,6-7,20H,3,5,8-13H2,1-2H3,(H,16,17);1H. The van der Waals surface area contributed by atoms with Crippen molar-refractivity contribution in [1.29, 1.82) is 0 Å². The first-order valence-electron chi connectivity index (χ1n) is 8.50. The fraction of sp³-hybridized carbons (Fsp3) is 0.667. The summed E-state index contributed by atoms with van der Waals surface area (Å²) in [6.07, 6.45) is 4.21. The molecular formula is C15H28IN7O2S. The summed E-state index contributed by atoms with van der Waals surface area (Å²) < 4.78 is 25.3. The highest BCUT2D eigenvalue weighted by molar-refractivity contribution is 14.0. The maximum Gasteiger partial charge on any atom is 0.225 e. The van der Waals surface area contributed by atoms with Crippen LogP contribution in [0.2, 0.25) is 0 Å². The van der Waals surface area contributed by atoms with Gasteiger partial charge in [-0.1, -0.05) is 0 Å². The van der Waals surface area contributed by atoms with Gasteiger partial charge in [-0.25, -0.2) is 23.1 Å². The average Bonchev–Trinajstić information content (AvgIpc) is 2.65. The highest BCUT2D eigenvalue weighted by Crippen LogP contribution is 2.09. The number of piperazine rings is 1. The van der Waals surface area contributed by atoms with E-state index in [4.69, 9.17) is 0 Å². The maximum atomic E-state index is 11.4. The fourth-order valence-electron chi connectivity index (χ4n) is 2.52. The lowest BCUT2D eigenvalue weighted by atomic mass is 10.3. The first-order valence-corrected chi connectivity index (χ1v) is 10.2. The summed E-state index contributed by atoms with van der Waals surface area (Å²) in [6, 6.07) is 1.81. The molecule has 0 spiro atoms. The van der Waals surface area contributed by atoms with Crippen LogP contribution >= 0.6 is 24.0 Å². The number of aliphatic imine (C=N–C) groups is 1. The molecule has 0 aliphatic carbocycles. The van der Waals surface area contributed by atoms with Gasteiger partial charge in [0.25, 0.3) is 0 Å². The summed E-state index contributed by atoms with van der Waals surface area (Å²) in [4.78, 5) is 17.2. The van der Waals surface area contributed by atoms with Crippen LogP contribution in [0.3, 0.4) is 0 Å². The lowest BCUT2D eigenvalue weighted by molar-refractivity contribution is 0.370. The summed E-state index contributed by atoms with van der Waals surface area (Å²) >= 11 is 0. The highest BCUT2D eigenvalue weighted by Gasteiger charge is 2.20. The fourth-order valence-corrected chi connectivity index (χ4v) is 3.18. The molecule has 0 unspecified atom stereocenters. The quantitative estimate of drug-likeness (QED) is 0.239. The minimum atomic E-state index is -3.11. The number of sulfonamides is 1. The number of nitrogens with zero attached hydrogens (tertiary/aromatic N) is 5. The molecule has 2 N–H and O–H groups in total. The van der Waals surface area contributed by atoms with Crippen LogP contribution in [0.25, 0.3) is 0 Å². The van der Waals surface area contributed by atoms with Crippen LogP contribution in [0.15, 0.2) is 23.5 Å². The molecule has 0 saturated carbocycles. The summed E-state index contributed by atoms with van der Waals surface area (Å²) in [7, 11) is -1.36. The van der Waals surface area contributed by atoms with Crippen LogP contribution in [-0.2, 0) is 10.0 Å². The second kappa shape index (κ2) is 11.5. The molecule has 1 saturated heterocycles. The molecular weight excluding hydrogens is 469 g/mol. The Labute approximate surface area is 172 Å². The third-order valence-corrected chi connectivity index (χ3v) is 5.37. The van der Waals surface area contributed by atoms with Gasteiger partial charge in [-0.3, -0.25) is 4.99 Å². The maximum absolute atomic E-state index is 11.4. The molecule has 11 heteroatoms. The summed E-state index contributed by atoms with van der Waals surface area (Å²) in [6.45, 7) is 6.06. The van der Waals surface area contributed by atoms with Crippen LogP contribution in [0.4, 0.5) is 5.95 Å². The van der Waals surface area contributed by atoms with Gasteiger partial charge in [0.2, 0.25) is 16.0 Å². The van der Waals surface area contributed by atoms with Gasteiger partial charge in [0.1, 0.15) is 0 Å². The zero-order chi connectivity index (χ0) is 18.1.